The highest BCUT2D eigenvalue weighted by atomic mass is 16.3. The Kier molecular flexibility index (Phi) is 6.65. The molecule has 47 heavy (non-hydrogen) atoms. The number of para-hydroxylation sites is 1. The molecule has 8 aromatic rings. The van der Waals surface area contributed by atoms with Crippen LogP contribution in [0.4, 0.5) is 0 Å². The Labute approximate surface area is 273 Å². The predicted octanol–water partition coefficient (Wildman–Crippen LogP) is 10.4. The molecule has 0 fully saturated rings. The van der Waals surface area contributed by atoms with Crippen molar-refractivity contribution in [2.24, 2.45) is 4.99 Å². The van der Waals surface area contributed by atoms with Gasteiger partial charge in [0.1, 0.15) is 29.3 Å². The van der Waals surface area contributed by atoms with Crippen molar-refractivity contribution in [2.45, 2.75) is 12.3 Å². The zero-order chi connectivity index (χ0) is 31.2. The molecule has 0 radical (unpaired) electrons. The van der Waals surface area contributed by atoms with E-state index in [0.29, 0.717) is 0 Å². The summed E-state index contributed by atoms with van der Waals surface area (Å²) in [6.45, 7) is 0. The first-order valence-corrected chi connectivity index (χ1v) is 16.0. The standard InChI is InChI=1S/C43H31N3O/c1-3-12-28(13-4-1)29-22-24-31(25-23-29)34-26-27-38-39(36-19-9-10-21-37(36)47-38)40(34)43-45-41(32-15-5-2-6-16-32)44-42(46-43)35-20-11-17-30-14-7-8-18-33(30)35/h1-27,42-43,46H,(H,44,45). The summed E-state index contributed by atoms with van der Waals surface area (Å²) in [7, 11) is 0. The summed E-state index contributed by atoms with van der Waals surface area (Å²) in [5.41, 5.74) is 9.72. The Morgan fingerprint density at radius 3 is 1.94 bits per heavy atom. The maximum Gasteiger partial charge on any atom is 0.135 e. The lowest BCUT2D eigenvalue weighted by molar-refractivity contribution is 0.413. The summed E-state index contributed by atoms with van der Waals surface area (Å²) in [4.78, 5) is 5.30. The van der Waals surface area contributed by atoms with E-state index in [4.69, 9.17) is 9.41 Å². The fourth-order valence-electron chi connectivity index (χ4n) is 6.96. The monoisotopic (exact) mass is 605 g/mol. The molecule has 224 valence electrons. The summed E-state index contributed by atoms with van der Waals surface area (Å²) in [6.07, 6.45) is -0.565. The van der Waals surface area contributed by atoms with E-state index < -0.39 is 0 Å². The zero-order valence-electron chi connectivity index (χ0n) is 25.6. The van der Waals surface area contributed by atoms with Gasteiger partial charge >= 0.3 is 0 Å². The molecule has 0 spiro atoms. The molecular formula is C43H31N3O. The Hall–Kier alpha value is -5.97. The third-order valence-electron chi connectivity index (χ3n) is 9.20. The molecule has 0 bridgehead atoms. The second-order valence-corrected chi connectivity index (χ2v) is 12.0. The van der Waals surface area contributed by atoms with Gasteiger partial charge in [0.05, 0.1) is 0 Å². The van der Waals surface area contributed by atoms with Crippen LogP contribution in [-0.4, -0.2) is 5.84 Å². The van der Waals surface area contributed by atoms with Crippen molar-refractivity contribution < 1.29 is 4.42 Å². The van der Waals surface area contributed by atoms with E-state index in [9.17, 15) is 0 Å². The highest BCUT2D eigenvalue weighted by molar-refractivity contribution is 6.09. The van der Waals surface area contributed by atoms with E-state index in [1.165, 1.54) is 21.9 Å². The smallest absolute Gasteiger partial charge is 0.135 e. The largest absolute Gasteiger partial charge is 0.456 e. The number of nitrogens with one attached hydrogen (secondary N) is 2. The Morgan fingerprint density at radius 2 is 1.13 bits per heavy atom. The number of hydrogen-bond acceptors (Lipinski definition) is 4. The van der Waals surface area contributed by atoms with Gasteiger partial charge in [0.2, 0.25) is 0 Å². The van der Waals surface area contributed by atoms with Crippen molar-refractivity contribution in [3.63, 3.8) is 0 Å². The molecule has 7 aromatic carbocycles. The van der Waals surface area contributed by atoms with Crippen molar-refractivity contribution in [3.05, 3.63) is 180 Å². The Balaban J connectivity index is 1.25. The fraction of sp³-hybridized carbons (Fsp3) is 0.0465. The normalized spacial score (nSPS) is 16.3. The molecular weight excluding hydrogens is 574 g/mol. The van der Waals surface area contributed by atoms with Gasteiger partial charge in [-0.1, -0.05) is 152 Å². The van der Waals surface area contributed by atoms with Crippen LogP contribution in [0.15, 0.2) is 173 Å². The van der Waals surface area contributed by atoms with Gasteiger partial charge in [0.15, 0.2) is 0 Å². The summed E-state index contributed by atoms with van der Waals surface area (Å²) >= 11 is 0. The maximum absolute atomic E-state index is 6.45. The summed E-state index contributed by atoms with van der Waals surface area (Å²) in [5, 5.41) is 12.3. The summed E-state index contributed by atoms with van der Waals surface area (Å²) in [5.74, 6) is 0.850. The van der Waals surface area contributed by atoms with E-state index >= 15 is 0 Å². The predicted molar refractivity (Wildman–Crippen MR) is 193 cm³/mol. The molecule has 0 saturated heterocycles. The van der Waals surface area contributed by atoms with Crippen LogP contribution in [-0.2, 0) is 0 Å². The van der Waals surface area contributed by atoms with Gasteiger partial charge in [-0.15, -0.1) is 0 Å². The van der Waals surface area contributed by atoms with Crippen LogP contribution in [0.5, 0.6) is 0 Å². The second kappa shape index (κ2) is 11.4. The van der Waals surface area contributed by atoms with Crippen molar-refractivity contribution >= 4 is 38.5 Å². The average Bonchev–Trinajstić information content (AvgIpc) is 3.54. The van der Waals surface area contributed by atoms with Crippen molar-refractivity contribution in [1.29, 1.82) is 0 Å². The highest BCUT2D eigenvalue weighted by Crippen LogP contribution is 2.42. The van der Waals surface area contributed by atoms with Gasteiger partial charge in [-0.3, -0.25) is 5.32 Å². The quantitative estimate of drug-likeness (QED) is 0.205. The molecule has 2 heterocycles. The van der Waals surface area contributed by atoms with E-state index in [1.54, 1.807) is 0 Å². The minimum atomic E-state index is -0.288. The number of benzene rings is 7. The third-order valence-corrected chi connectivity index (χ3v) is 9.20. The summed E-state index contributed by atoms with van der Waals surface area (Å²) < 4.78 is 6.45. The van der Waals surface area contributed by atoms with Gasteiger partial charge in [-0.05, 0) is 50.7 Å². The second-order valence-electron chi connectivity index (χ2n) is 12.0. The highest BCUT2D eigenvalue weighted by Gasteiger charge is 2.30. The molecule has 2 unspecified atom stereocenters. The first-order chi connectivity index (χ1) is 23.3. The topological polar surface area (TPSA) is 49.6 Å². The number of fused-ring (bicyclic) bond motifs is 4. The lowest BCUT2D eigenvalue weighted by atomic mass is 9.91. The van der Waals surface area contributed by atoms with Crippen molar-refractivity contribution in [2.75, 3.05) is 0 Å². The lowest BCUT2D eigenvalue weighted by Gasteiger charge is -2.34. The molecule has 1 aliphatic heterocycles. The third kappa shape index (κ3) is 4.87. The summed E-state index contributed by atoms with van der Waals surface area (Å²) in [6, 6.07) is 57.4. The molecule has 0 saturated carbocycles. The van der Waals surface area contributed by atoms with Crippen LogP contribution in [0.25, 0.3) is 55.0 Å². The van der Waals surface area contributed by atoms with Crippen LogP contribution in [0.3, 0.4) is 0 Å². The first-order valence-electron chi connectivity index (χ1n) is 16.0. The number of nitrogens with zero attached hydrogens (tertiary/aromatic N) is 1. The molecule has 9 rings (SSSR count). The van der Waals surface area contributed by atoms with Crippen LogP contribution in [0.2, 0.25) is 0 Å². The minimum Gasteiger partial charge on any atom is -0.456 e. The van der Waals surface area contributed by atoms with Crippen LogP contribution in [0.1, 0.15) is 29.0 Å². The molecule has 0 amide bonds. The average molecular weight is 606 g/mol. The molecule has 4 heteroatoms. The molecule has 4 nitrogen and oxygen atoms in total. The minimum absolute atomic E-state index is 0.278. The molecule has 2 atom stereocenters. The van der Waals surface area contributed by atoms with Gasteiger partial charge in [0, 0.05) is 21.9 Å². The van der Waals surface area contributed by atoms with E-state index in [-0.39, 0.29) is 12.3 Å². The molecule has 0 aliphatic carbocycles. The van der Waals surface area contributed by atoms with Crippen LogP contribution < -0.4 is 10.6 Å². The number of aliphatic imine (C=N–C) groups is 1. The van der Waals surface area contributed by atoms with Crippen LogP contribution in [0, 0.1) is 0 Å². The fourth-order valence-corrected chi connectivity index (χ4v) is 6.96. The maximum atomic E-state index is 6.45. The van der Waals surface area contributed by atoms with E-state index in [2.05, 4.69) is 156 Å². The lowest BCUT2D eigenvalue weighted by Crippen LogP contribution is -2.45. The molecule has 2 N–H and O–H groups in total. The molecule has 1 aliphatic rings. The SMILES string of the molecule is c1ccc(C2=NC(c3cccc4ccccc34)NC(c3c(-c4ccc(-c5ccccc5)cc4)ccc4oc5ccccc5c34)N2)cc1. The van der Waals surface area contributed by atoms with Gasteiger partial charge in [-0.2, -0.15) is 0 Å². The molecule has 1 aromatic heterocycles. The van der Waals surface area contributed by atoms with Crippen LogP contribution >= 0.6 is 0 Å². The Morgan fingerprint density at radius 1 is 0.489 bits per heavy atom. The zero-order valence-corrected chi connectivity index (χ0v) is 25.6. The van der Waals surface area contributed by atoms with Gasteiger partial charge in [-0.25, -0.2) is 4.99 Å². The van der Waals surface area contributed by atoms with Gasteiger partial charge in [0.25, 0.3) is 0 Å². The Bertz CT molecular complexity index is 2410. The number of amidine groups is 1. The first kappa shape index (κ1) is 27.3. The number of hydrogen-bond donors (Lipinski definition) is 2. The number of furan rings is 1. The number of rotatable bonds is 5. The van der Waals surface area contributed by atoms with Crippen molar-refractivity contribution in [3.8, 4) is 22.3 Å². The van der Waals surface area contributed by atoms with Gasteiger partial charge < -0.3 is 9.73 Å². The van der Waals surface area contributed by atoms with Crippen molar-refractivity contribution in [1.82, 2.24) is 10.6 Å². The van der Waals surface area contributed by atoms with E-state index in [0.717, 1.165) is 55.6 Å². The van der Waals surface area contributed by atoms with E-state index in [1.807, 2.05) is 18.2 Å².